The Morgan fingerprint density at radius 2 is 1.84 bits per heavy atom. The summed E-state index contributed by atoms with van der Waals surface area (Å²) >= 11 is 0. The first-order valence-corrected chi connectivity index (χ1v) is 13.2. The van der Waals surface area contributed by atoms with E-state index in [0.717, 1.165) is 16.6 Å². The average Bonchev–Trinajstić information content (AvgIpc) is 2.88. The van der Waals surface area contributed by atoms with E-state index in [9.17, 15) is 26.7 Å². The third-order valence-corrected chi connectivity index (χ3v) is 7.34. The van der Waals surface area contributed by atoms with Crippen molar-refractivity contribution < 1.29 is 36.2 Å². The van der Waals surface area contributed by atoms with Gasteiger partial charge in [-0.3, -0.25) is 4.72 Å². The molecule has 11 heteroatoms. The summed E-state index contributed by atoms with van der Waals surface area (Å²) in [5.74, 6) is 0.608. The van der Waals surface area contributed by atoms with Gasteiger partial charge in [0.2, 0.25) is 0 Å². The van der Waals surface area contributed by atoms with Gasteiger partial charge in [0, 0.05) is 22.6 Å². The van der Waals surface area contributed by atoms with Gasteiger partial charge in [0.05, 0.1) is 23.9 Å². The predicted molar refractivity (Wildman–Crippen MR) is 135 cm³/mol. The second-order valence-corrected chi connectivity index (χ2v) is 10.6. The number of hydrogen-bond acceptors (Lipinski definition) is 6. The summed E-state index contributed by atoms with van der Waals surface area (Å²) in [4.78, 5) is 4.59. The van der Waals surface area contributed by atoms with Crippen LogP contribution >= 0.6 is 0 Å². The van der Waals surface area contributed by atoms with Gasteiger partial charge in [-0.25, -0.2) is 4.98 Å². The maximum absolute atomic E-state index is 12.7. The molecule has 2 heterocycles. The molecule has 0 aliphatic carbocycles. The molecule has 198 valence electrons. The molecule has 1 aliphatic heterocycles. The Balaban J connectivity index is 1.27. The van der Waals surface area contributed by atoms with Crippen LogP contribution in [0.2, 0.25) is 0 Å². The zero-order chi connectivity index (χ0) is 26.9. The van der Waals surface area contributed by atoms with Crippen LogP contribution in [0.15, 0.2) is 78.9 Å². The van der Waals surface area contributed by atoms with Crippen molar-refractivity contribution in [1.29, 1.82) is 0 Å². The van der Waals surface area contributed by atoms with E-state index in [2.05, 4.69) is 4.98 Å². The summed E-state index contributed by atoms with van der Waals surface area (Å²) in [5.41, 5.74) is -2.97. The second kappa shape index (κ2) is 10.1. The van der Waals surface area contributed by atoms with Crippen LogP contribution in [0.5, 0.6) is 11.5 Å². The van der Waals surface area contributed by atoms with Crippen molar-refractivity contribution in [3.05, 3.63) is 95.7 Å². The van der Waals surface area contributed by atoms with E-state index in [1.807, 2.05) is 36.4 Å². The van der Waals surface area contributed by atoms with Crippen LogP contribution in [-0.2, 0) is 23.1 Å². The van der Waals surface area contributed by atoms with E-state index in [1.54, 1.807) is 24.3 Å². The minimum Gasteiger partial charge on any atom is -0.493 e. The van der Waals surface area contributed by atoms with Crippen molar-refractivity contribution in [2.24, 2.45) is 5.92 Å². The Labute approximate surface area is 216 Å². The molecule has 2 atom stereocenters. The minimum absolute atomic E-state index is 0.174. The molecule has 0 radical (unpaired) electrons. The number of rotatable bonds is 7. The largest absolute Gasteiger partial charge is 0.516 e. The molecule has 0 spiro atoms. The van der Waals surface area contributed by atoms with Gasteiger partial charge in [0.25, 0.3) is 0 Å². The summed E-state index contributed by atoms with van der Waals surface area (Å²) in [6.45, 7) is 0.401. The monoisotopic (exact) mass is 544 g/mol. The number of hydrogen-bond donors (Lipinski definition) is 2. The maximum atomic E-state index is 12.7. The molecule has 0 bridgehead atoms. The summed E-state index contributed by atoms with van der Waals surface area (Å²) in [5, 5.41) is 12.1. The van der Waals surface area contributed by atoms with E-state index in [1.165, 1.54) is 22.9 Å². The van der Waals surface area contributed by atoms with Crippen LogP contribution in [0.1, 0.15) is 22.9 Å². The number of nitrogens with zero attached hydrogens (tertiary/aromatic N) is 1. The Bertz CT molecular complexity index is 1580. The minimum atomic E-state index is -5.54. The van der Waals surface area contributed by atoms with E-state index >= 15 is 0 Å². The number of alkyl halides is 3. The number of para-hydroxylation sites is 1. The highest BCUT2D eigenvalue weighted by molar-refractivity contribution is 7.93. The number of pyridine rings is 1. The van der Waals surface area contributed by atoms with E-state index in [4.69, 9.17) is 9.47 Å². The van der Waals surface area contributed by atoms with E-state index < -0.39 is 27.6 Å². The van der Waals surface area contributed by atoms with Crippen LogP contribution in [0.4, 0.5) is 18.9 Å². The summed E-state index contributed by atoms with van der Waals surface area (Å²) in [7, 11) is -5.54. The Morgan fingerprint density at radius 1 is 1.03 bits per heavy atom. The molecule has 0 fully saturated rings. The Kier molecular flexibility index (Phi) is 6.89. The Morgan fingerprint density at radius 3 is 2.66 bits per heavy atom. The highest BCUT2D eigenvalue weighted by atomic mass is 32.2. The van der Waals surface area contributed by atoms with Gasteiger partial charge in [0.1, 0.15) is 18.1 Å². The summed E-state index contributed by atoms with van der Waals surface area (Å²) < 4.78 is 74.3. The first-order chi connectivity index (χ1) is 18.1. The van der Waals surface area contributed by atoms with Gasteiger partial charge in [0.15, 0.2) is 0 Å². The first kappa shape index (κ1) is 25.8. The second-order valence-electron chi connectivity index (χ2n) is 8.96. The molecule has 0 amide bonds. The quantitative estimate of drug-likeness (QED) is 0.325. The van der Waals surface area contributed by atoms with Gasteiger partial charge in [-0.15, -0.1) is 0 Å². The molecule has 5 rings (SSSR count). The third-order valence-electron chi connectivity index (χ3n) is 6.22. The van der Waals surface area contributed by atoms with Crippen LogP contribution in [0.3, 0.4) is 0 Å². The van der Waals surface area contributed by atoms with Crippen LogP contribution < -0.4 is 14.2 Å². The lowest BCUT2D eigenvalue weighted by molar-refractivity contribution is -0.0429. The molecule has 4 aromatic rings. The highest BCUT2D eigenvalue weighted by Crippen LogP contribution is 2.39. The van der Waals surface area contributed by atoms with Gasteiger partial charge in [-0.2, -0.15) is 21.6 Å². The Hall–Kier alpha value is -3.83. The number of anilines is 1. The summed E-state index contributed by atoms with van der Waals surface area (Å²) in [6, 6.07) is 22.4. The lowest BCUT2D eigenvalue weighted by atomic mass is 9.88. The number of sulfonamides is 1. The van der Waals surface area contributed by atoms with E-state index in [0.29, 0.717) is 22.6 Å². The third kappa shape index (κ3) is 5.53. The highest BCUT2D eigenvalue weighted by Gasteiger charge is 2.46. The number of fused-ring (bicyclic) bond motifs is 2. The number of halogens is 3. The molecule has 38 heavy (non-hydrogen) atoms. The number of ether oxygens (including phenoxy) is 2. The lowest BCUT2D eigenvalue weighted by Crippen LogP contribution is -2.30. The molecule has 0 saturated heterocycles. The molecule has 1 aliphatic rings. The predicted octanol–water partition coefficient (Wildman–Crippen LogP) is 5.36. The first-order valence-electron chi connectivity index (χ1n) is 11.7. The number of nitrogens with one attached hydrogen (secondary N) is 1. The van der Waals surface area contributed by atoms with Crippen molar-refractivity contribution in [1.82, 2.24) is 4.98 Å². The van der Waals surface area contributed by atoms with Gasteiger partial charge in [-0.05, 0) is 54.4 Å². The van der Waals surface area contributed by atoms with Crippen molar-refractivity contribution in [3.63, 3.8) is 0 Å². The average molecular weight is 545 g/mol. The van der Waals surface area contributed by atoms with Crippen LogP contribution in [0, 0.1) is 5.92 Å². The fourth-order valence-corrected chi connectivity index (χ4v) is 4.87. The SMILES string of the molecule is O=S(=O)(Nc1cccc(C[C@H]2COc3ccc(OCc4ccc5ccccc5n4)cc3[C@H]2O)c1)C(F)(F)F. The molecule has 0 unspecified atom stereocenters. The van der Waals surface area contributed by atoms with Crippen molar-refractivity contribution in [2.45, 2.75) is 24.6 Å². The van der Waals surface area contributed by atoms with Gasteiger partial charge < -0.3 is 14.6 Å². The van der Waals surface area contributed by atoms with E-state index in [-0.39, 0.29) is 25.3 Å². The molecule has 2 N–H and O–H groups in total. The molecule has 1 aromatic heterocycles. The van der Waals surface area contributed by atoms with Crippen LogP contribution in [0.25, 0.3) is 10.9 Å². The zero-order valence-electron chi connectivity index (χ0n) is 19.9. The van der Waals surface area contributed by atoms with Crippen molar-refractivity contribution in [2.75, 3.05) is 11.3 Å². The normalized spacial score (nSPS) is 17.5. The van der Waals surface area contributed by atoms with Crippen molar-refractivity contribution >= 4 is 26.6 Å². The lowest BCUT2D eigenvalue weighted by Gasteiger charge is -2.30. The standard InChI is InChI=1S/C27H23F3N2O5S/c28-27(29,30)38(34,35)32-20-6-3-4-17(13-20)12-19-15-37-25-11-10-22(14-23(25)26(19)33)36-16-21-9-8-18-5-1-2-7-24(18)31-21/h1-11,13-14,19,26,32-33H,12,15-16H2/t19-,26-/m0/s1. The number of benzene rings is 3. The molecule has 7 nitrogen and oxygen atoms in total. The zero-order valence-corrected chi connectivity index (χ0v) is 20.7. The number of aliphatic hydroxyl groups excluding tert-OH is 1. The number of aliphatic hydroxyl groups is 1. The molecular formula is C27H23F3N2O5S. The fourth-order valence-electron chi connectivity index (χ4n) is 4.31. The number of aromatic nitrogens is 1. The fraction of sp³-hybridized carbons (Fsp3) is 0.222. The molecule has 0 saturated carbocycles. The smallest absolute Gasteiger partial charge is 0.493 e. The molecule has 3 aromatic carbocycles. The van der Waals surface area contributed by atoms with Gasteiger partial charge in [-0.1, -0.05) is 36.4 Å². The van der Waals surface area contributed by atoms with Gasteiger partial charge >= 0.3 is 15.5 Å². The topological polar surface area (TPSA) is 97.8 Å². The van der Waals surface area contributed by atoms with Crippen LogP contribution in [-0.4, -0.2) is 30.6 Å². The molecular weight excluding hydrogens is 521 g/mol. The summed E-state index contributed by atoms with van der Waals surface area (Å²) in [6.07, 6.45) is -0.689. The maximum Gasteiger partial charge on any atom is 0.516 e. The van der Waals surface area contributed by atoms with Crippen molar-refractivity contribution in [3.8, 4) is 11.5 Å².